The van der Waals surface area contributed by atoms with Crippen molar-refractivity contribution in [3.05, 3.63) is 0 Å². The molecular weight excluding hydrogens is 510 g/mol. The number of esters is 2. The summed E-state index contributed by atoms with van der Waals surface area (Å²) in [6.45, 7) is 26.2. The predicted octanol–water partition coefficient (Wildman–Crippen LogP) is 9.46. The lowest BCUT2D eigenvalue weighted by Gasteiger charge is -2.53. The van der Waals surface area contributed by atoms with E-state index in [1.54, 1.807) is 0 Å². The van der Waals surface area contributed by atoms with Gasteiger partial charge in [-0.05, 0) is 57.4 Å². The van der Waals surface area contributed by atoms with Crippen LogP contribution in [0.2, 0.25) is 0 Å². The van der Waals surface area contributed by atoms with Gasteiger partial charge in [0.1, 0.15) is 11.7 Å². The van der Waals surface area contributed by atoms with Crippen molar-refractivity contribution < 1.29 is 19.1 Å². The minimum absolute atomic E-state index is 0.00155. The Hall–Kier alpha value is -1.10. The van der Waals surface area contributed by atoms with Gasteiger partial charge in [-0.25, -0.2) is 0 Å². The smallest absolute Gasteiger partial charge is 0.309 e. The second kappa shape index (κ2) is 18.5. The fourth-order valence-corrected chi connectivity index (χ4v) is 8.17. The molecule has 0 aromatic carbocycles. The maximum atomic E-state index is 12.7. The van der Waals surface area contributed by atoms with E-state index in [4.69, 9.17) is 9.47 Å². The van der Waals surface area contributed by atoms with Crippen LogP contribution in [0.5, 0.6) is 0 Å². The third-order valence-electron chi connectivity index (χ3n) is 9.49. The number of carbonyl (C=O) groups excluding carboxylic acids is 2. The number of ether oxygens (including phenoxy) is 2. The predicted molar refractivity (Wildman–Crippen MR) is 173 cm³/mol. The maximum Gasteiger partial charge on any atom is 0.309 e. The number of rotatable bonds is 2. The summed E-state index contributed by atoms with van der Waals surface area (Å²) in [7, 11) is 0. The first-order valence-corrected chi connectivity index (χ1v) is 17.9. The molecule has 2 aliphatic carbocycles. The van der Waals surface area contributed by atoms with Crippen molar-refractivity contribution in [2.24, 2.45) is 35.5 Å². The molecule has 0 bridgehead atoms. The van der Waals surface area contributed by atoms with E-state index in [1.165, 1.54) is 51.4 Å². The topological polar surface area (TPSA) is 55.8 Å². The molecule has 6 aliphatic rings. The number of fused-ring (bicyclic) bond motifs is 2. The minimum Gasteiger partial charge on any atom is -0.460 e. The third-order valence-corrected chi connectivity index (χ3v) is 9.49. The molecule has 0 unspecified atom stereocenters. The summed E-state index contributed by atoms with van der Waals surface area (Å²) in [5.41, 5.74) is -0.332. The highest BCUT2D eigenvalue weighted by Crippen LogP contribution is 2.61. The zero-order chi connectivity index (χ0) is 31.3. The van der Waals surface area contributed by atoms with Gasteiger partial charge in [-0.3, -0.25) is 14.5 Å². The molecule has 4 saturated heterocycles. The highest BCUT2D eigenvalue weighted by atomic mass is 16.6. The normalized spacial score (nSPS) is 39.4. The molecule has 5 heteroatoms. The molecule has 0 aromatic heterocycles. The van der Waals surface area contributed by atoms with E-state index >= 15 is 0 Å². The van der Waals surface area contributed by atoms with Crippen LogP contribution in [0.4, 0.5) is 0 Å². The van der Waals surface area contributed by atoms with Crippen molar-refractivity contribution in [2.45, 2.75) is 178 Å². The lowest BCUT2D eigenvalue weighted by Crippen LogP contribution is -2.59. The van der Waals surface area contributed by atoms with Gasteiger partial charge in [0, 0.05) is 23.9 Å². The van der Waals surface area contributed by atoms with Crippen LogP contribution in [0, 0.1) is 35.5 Å². The van der Waals surface area contributed by atoms with E-state index < -0.39 is 0 Å². The van der Waals surface area contributed by atoms with E-state index in [0.29, 0.717) is 29.8 Å². The van der Waals surface area contributed by atoms with Gasteiger partial charge in [-0.2, -0.15) is 0 Å². The summed E-state index contributed by atoms with van der Waals surface area (Å²) in [6.07, 6.45) is 13.7. The molecule has 0 radical (unpaired) electrons. The zero-order valence-corrected chi connectivity index (χ0v) is 29.3. The first-order valence-electron chi connectivity index (χ1n) is 17.9. The van der Waals surface area contributed by atoms with E-state index in [9.17, 15) is 9.59 Å². The summed E-state index contributed by atoms with van der Waals surface area (Å²) in [5.74, 6) is 1.71. The summed E-state index contributed by atoms with van der Waals surface area (Å²) in [5, 5.41) is 0. The van der Waals surface area contributed by atoms with E-state index in [1.807, 2.05) is 34.6 Å². The van der Waals surface area contributed by atoms with E-state index in [-0.39, 0.29) is 41.4 Å². The molecule has 2 saturated carbocycles. The second-order valence-electron chi connectivity index (χ2n) is 12.9. The molecule has 0 aromatic rings. The number of carbonyl (C=O) groups is 2. The van der Waals surface area contributed by atoms with Gasteiger partial charge in [-0.1, -0.05) is 115 Å². The summed E-state index contributed by atoms with van der Waals surface area (Å²) in [6, 6.07) is 0.828. The summed E-state index contributed by atoms with van der Waals surface area (Å²) in [4.78, 5) is 27.5. The number of hydrogen-bond acceptors (Lipinski definition) is 5. The van der Waals surface area contributed by atoms with E-state index in [0.717, 1.165) is 25.8 Å². The van der Waals surface area contributed by atoms with Crippen LogP contribution in [0.3, 0.4) is 0 Å². The van der Waals surface area contributed by atoms with Crippen molar-refractivity contribution in [1.82, 2.24) is 4.90 Å². The fraction of sp³-hybridized carbons (Fsp3) is 0.944. The molecule has 0 spiro atoms. The standard InChI is InChI=1S/C23H35NO4.C3H6.2C3H8.2C2H6/c1-5-16-14-8-6-7-9-24-17(18-10-12(2)21(25)27-18)11-15(20(14)24)19-13(3)22(26)28-23(16,19)4;1-2-3-1;2*1-3-2;2*1-2/h12-20H,5-11H2,1-4H3;1-3H2;2*3H2,1-2H3;2*1-2H3/t12-,13-,14+,15+,16+,17-,18-,19-,20+,23+;;;;;/m0...../s1. The highest BCUT2D eigenvalue weighted by molar-refractivity contribution is 5.76. The second-order valence-corrected chi connectivity index (χ2v) is 12.9. The van der Waals surface area contributed by atoms with Crippen LogP contribution in [0.15, 0.2) is 0 Å². The Morgan fingerprint density at radius 1 is 0.805 bits per heavy atom. The van der Waals surface area contributed by atoms with Gasteiger partial charge in [0.05, 0.1) is 11.8 Å². The van der Waals surface area contributed by atoms with Crippen LogP contribution in [0.25, 0.3) is 0 Å². The van der Waals surface area contributed by atoms with Crippen molar-refractivity contribution in [3.8, 4) is 0 Å². The van der Waals surface area contributed by atoms with Crippen LogP contribution in [0.1, 0.15) is 154 Å². The van der Waals surface area contributed by atoms with Crippen LogP contribution in [-0.4, -0.2) is 47.2 Å². The van der Waals surface area contributed by atoms with Gasteiger partial charge in [0.2, 0.25) is 0 Å². The molecule has 4 heterocycles. The molecule has 41 heavy (non-hydrogen) atoms. The largest absolute Gasteiger partial charge is 0.460 e. The van der Waals surface area contributed by atoms with Gasteiger partial charge in [0.25, 0.3) is 0 Å². The average Bonchev–Trinajstić information content (AvgIpc) is 3.73. The van der Waals surface area contributed by atoms with E-state index in [2.05, 4.69) is 53.4 Å². The molecule has 6 fully saturated rings. The summed E-state index contributed by atoms with van der Waals surface area (Å²) >= 11 is 0. The van der Waals surface area contributed by atoms with Crippen LogP contribution >= 0.6 is 0 Å². The molecule has 0 amide bonds. The minimum atomic E-state index is -0.332. The van der Waals surface area contributed by atoms with Crippen molar-refractivity contribution in [3.63, 3.8) is 0 Å². The molecule has 0 N–H and O–H groups in total. The van der Waals surface area contributed by atoms with Crippen LogP contribution < -0.4 is 0 Å². The Bertz CT molecular complexity index is 749. The lowest BCUT2D eigenvalue weighted by molar-refractivity contribution is -0.165. The Morgan fingerprint density at radius 3 is 1.83 bits per heavy atom. The molecule has 10 atom stereocenters. The van der Waals surface area contributed by atoms with Gasteiger partial charge in [0.15, 0.2) is 0 Å². The van der Waals surface area contributed by atoms with Crippen molar-refractivity contribution >= 4 is 11.9 Å². The third kappa shape index (κ3) is 8.73. The Balaban J connectivity index is 0.000000553. The number of nitrogens with zero attached hydrogens (tertiary/aromatic N) is 1. The fourth-order valence-electron chi connectivity index (χ4n) is 8.17. The lowest BCUT2D eigenvalue weighted by atomic mass is 9.54. The monoisotopic (exact) mass is 580 g/mol. The Labute approximate surface area is 255 Å². The maximum absolute atomic E-state index is 12.7. The highest BCUT2D eigenvalue weighted by Gasteiger charge is 2.68. The number of hydrogen-bond donors (Lipinski definition) is 0. The molecule has 242 valence electrons. The molecular formula is C36H69NO4. The Morgan fingerprint density at radius 2 is 1.37 bits per heavy atom. The van der Waals surface area contributed by atoms with Crippen molar-refractivity contribution in [1.29, 1.82) is 0 Å². The van der Waals surface area contributed by atoms with Gasteiger partial charge in [-0.15, -0.1) is 0 Å². The van der Waals surface area contributed by atoms with Crippen molar-refractivity contribution in [2.75, 3.05) is 6.54 Å². The van der Waals surface area contributed by atoms with Gasteiger partial charge >= 0.3 is 11.9 Å². The number of cyclic esters (lactones) is 1. The first-order chi connectivity index (χ1) is 19.7. The quantitative estimate of drug-likeness (QED) is 0.305. The van der Waals surface area contributed by atoms with Gasteiger partial charge < -0.3 is 9.47 Å². The summed E-state index contributed by atoms with van der Waals surface area (Å²) < 4.78 is 12.0. The first kappa shape index (κ1) is 37.9. The van der Waals surface area contributed by atoms with Crippen LogP contribution in [-0.2, 0) is 19.1 Å². The zero-order valence-electron chi connectivity index (χ0n) is 29.3. The molecule has 4 aliphatic heterocycles. The molecule has 5 nitrogen and oxygen atoms in total. The molecule has 6 rings (SSSR count). The average molecular weight is 580 g/mol. The Kier molecular flexibility index (Phi) is 17.1. The SMILES string of the molecule is C1CC1.CC.CC.CCC.CCC.CC[C@@H]1[C@H]2CCCCN3[C@H]2[C@H](C[C@H]3[C@@H]2C[C@H](C)C(=O)O2)[C@@H]2[C@H](C)C(=O)O[C@@]21C.